The summed E-state index contributed by atoms with van der Waals surface area (Å²) in [6, 6.07) is 16.2. The van der Waals surface area contributed by atoms with Crippen LogP contribution in [0.1, 0.15) is 18.4 Å². The molecule has 1 saturated heterocycles. The maximum atomic E-state index is 12.0. The van der Waals surface area contributed by atoms with Crippen LogP contribution in [0.25, 0.3) is 0 Å². The van der Waals surface area contributed by atoms with Gasteiger partial charge in [0.2, 0.25) is 11.8 Å². The topological polar surface area (TPSA) is 72.6 Å². The smallest absolute Gasteiger partial charge is 0.246 e. The molecule has 6 heteroatoms. The molecule has 126 valence electrons. The van der Waals surface area contributed by atoms with Crippen LogP contribution in [0.5, 0.6) is 11.5 Å². The van der Waals surface area contributed by atoms with Gasteiger partial charge in [-0.2, -0.15) is 0 Å². The van der Waals surface area contributed by atoms with Crippen molar-refractivity contribution < 1.29 is 14.3 Å². The summed E-state index contributed by atoms with van der Waals surface area (Å²) in [5.41, 5.74) is 6.59. The average molecular weight is 391 g/mol. The lowest BCUT2D eigenvalue weighted by Gasteiger charge is -2.28. The molecular weight excluding hydrogens is 372 g/mol. The Labute approximate surface area is 151 Å². The fraction of sp³-hybridized carbons (Fsp3) is 0.222. The van der Waals surface area contributed by atoms with Crippen LogP contribution in [0.15, 0.2) is 54.6 Å². The monoisotopic (exact) mass is 390 g/mol. The SMILES string of the molecule is Br.NC1CCC(=O)N(Cc2ccc(Oc3ccccc3)cc2)C1=O. The van der Waals surface area contributed by atoms with Crippen molar-refractivity contribution in [3.05, 3.63) is 60.2 Å². The second kappa shape index (κ2) is 8.08. The molecule has 1 aliphatic rings. The Balaban J connectivity index is 0.00000208. The van der Waals surface area contributed by atoms with E-state index < -0.39 is 6.04 Å². The van der Waals surface area contributed by atoms with Crippen LogP contribution in [0.2, 0.25) is 0 Å². The third-order valence-electron chi connectivity index (χ3n) is 3.80. The minimum absolute atomic E-state index is 0. The van der Waals surface area contributed by atoms with Crippen molar-refractivity contribution in [3.8, 4) is 11.5 Å². The van der Waals surface area contributed by atoms with Gasteiger partial charge in [-0.3, -0.25) is 14.5 Å². The number of likely N-dealkylation sites (tertiary alicyclic amines) is 1. The van der Waals surface area contributed by atoms with Crippen molar-refractivity contribution in [3.63, 3.8) is 0 Å². The van der Waals surface area contributed by atoms with Crippen molar-refractivity contribution in [2.24, 2.45) is 5.73 Å². The Hall–Kier alpha value is -2.18. The number of nitrogens with two attached hydrogens (primary N) is 1. The number of halogens is 1. The van der Waals surface area contributed by atoms with Crippen LogP contribution in [-0.4, -0.2) is 22.8 Å². The van der Waals surface area contributed by atoms with Gasteiger partial charge in [0.05, 0.1) is 12.6 Å². The molecule has 2 N–H and O–H groups in total. The molecule has 1 atom stereocenters. The van der Waals surface area contributed by atoms with E-state index in [1.54, 1.807) is 0 Å². The summed E-state index contributed by atoms with van der Waals surface area (Å²) < 4.78 is 5.72. The maximum absolute atomic E-state index is 12.0. The van der Waals surface area contributed by atoms with E-state index in [9.17, 15) is 9.59 Å². The van der Waals surface area contributed by atoms with Gasteiger partial charge in [-0.1, -0.05) is 30.3 Å². The summed E-state index contributed by atoms with van der Waals surface area (Å²) in [6.45, 7) is 0.247. The number of carbonyl (C=O) groups excluding carboxylic acids is 2. The summed E-state index contributed by atoms with van der Waals surface area (Å²) >= 11 is 0. The Morgan fingerprint density at radius 2 is 1.62 bits per heavy atom. The van der Waals surface area contributed by atoms with Crippen LogP contribution in [0.3, 0.4) is 0 Å². The first-order chi connectivity index (χ1) is 11.1. The lowest BCUT2D eigenvalue weighted by atomic mass is 10.0. The number of rotatable bonds is 4. The van der Waals surface area contributed by atoms with Crippen molar-refractivity contribution in [2.75, 3.05) is 0 Å². The Bertz CT molecular complexity index is 704. The average Bonchev–Trinajstić information content (AvgIpc) is 2.58. The molecule has 0 bridgehead atoms. The number of piperidine rings is 1. The van der Waals surface area contributed by atoms with E-state index in [2.05, 4.69) is 0 Å². The number of benzene rings is 2. The first-order valence-electron chi connectivity index (χ1n) is 7.55. The van der Waals surface area contributed by atoms with E-state index in [0.717, 1.165) is 11.3 Å². The van der Waals surface area contributed by atoms with Crippen molar-refractivity contribution in [2.45, 2.75) is 25.4 Å². The second-order valence-corrected chi connectivity index (χ2v) is 5.52. The van der Waals surface area contributed by atoms with Gasteiger partial charge in [0.15, 0.2) is 0 Å². The van der Waals surface area contributed by atoms with Gasteiger partial charge in [0, 0.05) is 6.42 Å². The first-order valence-corrected chi connectivity index (χ1v) is 7.55. The fourth-order valence-electron chi connectivity index (χ4n) is 2.50. The van der Waals surface area contributed by atoms with Crippen LogP contribution < -0.4 is 10.5 Å². The summed E-state index contributed by atoms with van der Waals surface area (Å²) in [4.78, 5) is 25.1. The zero-order valence-corrected chi connectivity index (χ0v) is 14.8. The van der Waals surface area contributed by atoms with Gasteiger partial charge in [0.25, 0.3) is 0 Å². The summed E-state index contributed by atoms with van der Waals surface area (Å²) in [7, 11) is 0. The Morgan fingerprint density at radius 3 is 2.29 bits per heavy atom. The van der Waals surface area contributed by atoms with Gasteiger partial charge in [-0.15, -0.1) is 17.0 Å². The molecule has 1 fully saturated rings. The lowest BCUT2D eigenvalue weighted by Crippen LogP contribution is -2.50. The number of nitrogens with zero attached hydrogens (tertiary/aromatic N) is 1. The fourth-order valence-corrected chi connectivity index (χ4v) is 2.50. The van der Waals surface area contributed by atoms with Crippen LogP contribution in [0, 0.1) is 0 Å². The molecule has 2 aromatic rings. The summed E-state index contributed by atoms with van der Waals surface area (Å²) in [6.07, 6.45) is 0.750. The van der Waals surface area contributed by atoms with Crippen LogP contribution in [-0.2, 0) is 16.1 Å². The summed E-state index contributed by atoms with van der Waals surface area (Å²) in [5.74, 6) is 0.993. The van der Waals surface area contributed by atoms with Crippen molar-refractivity contribution in [1.82, 2.24) is 4.90 Å². The third kappa shape index (κ3) is 4.21. The molecule has 0 spiro atoms. The first kappa shape index (κ1) is 18.2. The molecule has 1 heterocycles. The lowest BCUT2D eigenvalue weighted by molar-refractivity contribution is -0.149. The zero-order valence-electron chi connectivity index (χ0n) is 13.1. The number of para-hydroxylation sites is 1. The normalized spacial score (nSPS) is 17.4. The standard InChI is InChI=1S/C18H18N2O3.BrH/c19-16-10-11-17(21)20(18(16)22)12-13-6-8-15(9-7-13)23-14-4-2-1-3-5-14;/h1-9,16H,10-12,19H2;1H. The maximum Gasteiger partial charge on any atom is 0.246 e. The highest BCUT2D eigenvalue weighted by atomic mass is 79.9. The van der Waals surface area contributed by atoms with Gasteiger partial charge < -0.3 is 10.5 Å². The molecule has 2 amide bonds. The number of hydrogen-bond donors (Lipinski definition) is 1. The van der Waals surface area contributed by atoms with E-state index in [1.165, 1.54) is 4.90 Å². The van der Waals surface area contributed by atoms with E-state index in [0.29, 0.717) is 18.6 Å². The molecule has 0 radical (unpaired) electrons. The minimum atomic E-state index is -0.576. The molecular formula is C18H19BrN2O3. The molecule has 3 rings (SSSR count). The molecule has 1 unspecified atom stereocenters. The van der Waals surface area contributed by atoms with Crippen molar-refractivity contribution in [1.29, 1.82) is 0 Å². The van der Waals surface area contributed by atoms with Gasteiger partial charge in [-0.05, 0) is 36.2 Å². The number of hydrogen-bond acceptors (Lipinski definition) is 4. The van der Waals surface area contributed by atoms with E-state index in [-0.39, 0.29) is 35.3 Å². The highest BCUT2D eigenvalue weighted by Gasteiger charge is 2.31. The number of amides is 2. The Kier molecular flexibility index (Phi) is 6.11. The van der Waals surface area contributed by atoms with E-state index in [4.69, 9.17) is 10.5 Å². The largest absolute Gasteiger partial charge is 0.457 e. The van der Waals surface area contributed by atoms with Gasteiger partial charge in [0.1, 0.15) is 11.5 Å². The van der Waals surface area contributed by atoms with Crippen molar-refractivity contribution >= 4 is 28.8 Å². The van der Waals surface area contributed by atoms with E-state index in [1.807, 2.05) is 54.6 Å². The molecule has 0 saturated carbocycles. The second-order valence-electron chi connectivity index (χ2n) is 5.52. The highest BCUT2D eigenvalue weighted by Crippen LogP contribution is 2.22. The number of carbonyl (C=O) groups is 2. The minimum Gasteiger partial charge on any atom is -0.457 e. The Morgan fingerprint density at radius 1 is 1.00 bits per heavy atom. The number of imide groups is 1. The molecule has 0 aliphatic carbocycles. The molecule has 1 aliphatic heterocycles. The zero-order chi connectivity index (χ0) is 16.2. The third-order valence-corrected chi connectivity index (χ3v) is 3.80. The van der Waals surface area contributed by atoms with E-state index >= 15 is 0 Å². The molecule has 2 aromatic carbocycles. The quantitative estimate of drug-likeness (QED) is 0.814. The van der Waals surface area contributed by atoms with Crippen LogP contribution >= 0.6 is 17.0 Å². The molecule has 24 heavy (non-hydrogen) atoms. The molecule has 0 aromatic heterocycles. The highest BCUT2D eigenvalue weighted by molar-refractivity contribution is 8.93. The predicted octanol–water partition coefficient (Wildman–Crippen LogP) is 3.03. The number of ether oxygens (including phenoxy) is 1. The van der Waals surface area contributed by atoms with Crippen LogP contribution in [0.4, 0.5) is 0 Å². The predicted molar refractivity (Wildman–Crippen MR) is 96.0 cm³/mol. The molecule has 5 nitrogen and oxygen atoms in total. The van der Waals surface area contributed by atoms with Gasteiger partial charge in [-0.25, -0.2) is 0 Å². The summed E-state index contributed by atoms with van der Waals surface area (Å²) in [5, 5.41) is 0. The van der Waals surface area contributed by atoms with Gasteiger partial charge >= 0.3 is 0 Å².